The molecule has 0 saturated heterocycles. The normalized spacial score (nSPS) is 17.8. The molecule has 1 saturated carbocycles. The van der Waals surface area contributed by atoms with Crippen LogP contribution in [0.2, 0.25) is 0 Å². The Labute approximate surface area is 174 Å². The van der Waals surface area contributed by atoms with Crippen molar-refractivity contribution in [1.29, 1.82) is 0 Å². The van der Waals surface area contributed by atoms with Crippen LogP contribution in [0.15, 0.2) is 42.9 Å². The molecule has 4 heterocycles. The van der Waals surface area contributed by atoms with Crippen LogP contribution in [0, 0.1) is 19.8 Å². The smallest absolute Gasteiger partial charge is 0.240 e. The van der Waals surface area contributed by atoms with E-state index in [1.807, 2.05) is 44.4 Å². The lowest BCUT2D eigenvalue weighted by molar-refractivity contribution is 0.285. The lowest BCUT2D eigenvalue weighted by Crippen LogP contribution is -2.07. The molecule has 0 unspecified atom stereocenters. The molecule has 7 heteroatoms. The van der Waals surface area contributed by atoms with Gasteiger partial charge in [-0.2, -0.15) is 0 Å². The minimum atomic E-state index is 0.414. The number of aromatic amines is 1. The second kappa shape index (κ2) is 7.40. The Morgan fingerprint density at radius 1 is 1.07 bits per heavy atom. The summed E-state index contributed by atoms with van der Waals surface area (Å²) in [5, 5.41) is 1.03. The molecule has 30 heavy (non-hydrogen) atoms. The van der Waals surface area contributed by atoms with Gasteiger partial charge in [0.15, 0.2) is 0 Å². The molecule has 5 rings (SSSR count). The molecular weight excluding hydrogens is 378 g/mol. The molecule has 152 valence electrons. The highest BCUT2D eigenvalue weighted by Gasteiger charge is 2.40. The zero-order valence-electron chi connectivity index (χ0n) is 17.2. The van der Waals surface area contributed by atoms with Gasteiger partial charge in [0.25, 0.3) is 0 Å². The largest absolute Gasteiger partial charge is 0.495 e. The van der Waals surface area contributed by atoms with E-state index in [1.165, 1.54) is 0 Å². The second-order valence-electron chi connectivity index (χ2n) is 7.72. The van der Waals surface area contributed by atoms with Gasteiger partial charge in [-0.3, -0.25) is 4.98 Å². The molecule has 1 aliphatic carbocycles. The average molecular weight is 401 g/mol. The summed E-state index contributed by atoms with van der Waals surface area (Å²) in [4.78, 5) is 21.6. The summed E-state index contributed by atoms with van der Waals surface area (Å²) in [5.74, 6) is 2.17. The molecule has 0 bridgehead atoms. The van der Waals surface area contributed by atoms with Crippen LogP contribution in [0.25, 0.3) is 22.3 Å². The van der Waals surface area contributed by atoms with Crippen molar-refractivity contribution in [2.75, 3.05) is 13.7 Å². The molecule has 4 aromatic rings. The summed E-state index contributed by atoms with van der Waals surface area (Å²) in [7, 11) is 1.65. The number of ether oxygens (including phenoxy) is 2. The summed E-state index contributed by atoms with van der Waals surface area (Å²) in [6.07, 6.45) is 6.52. The first-order valence-corrected chi connectivity index (χ1v) is 10.0. The number of nitrogens with one attached hydrogen (secondary N) is 1. The van der Waals surface area contributed by atoms with Crippen LogP contribution < -0.4 is 9.47 Å². The third kappa shape index (κ3) is 3.47. The van der Waals surface area contributed by atoms with E-state index < -0.39 is 0 Å². The zero-order chi connectivity index (χ0) is 20.7. The number of methoxy groups -OCH3 is 1. The number of aryl methyl sites for hydroxylation is 2. The molecule has 1 fully saturated rings. The summed E-state index contributed by atoms with van der Waals surface area (Å²) < 4.78 is 11.4. The minimum absolute atomic E-state index is 0.414. The van der Waals surface area contributed by atoms with Gasteiger partial charge in [-0.25, -0.2) is 15.0 Å². The standard InChI is InChI=1S/C23H23N5O2/c1-13-14(2)28-23(21(27-13)16-8-15-6-7-24-22(15)26-10-16)30-12-17-9-19(17)20-5-4-18(29-3)11-25-20/h4-8,10-11,17,19H,9,12H2,1-3H3,(H,24,26)/t17-,19+/m1/s1. The summed E-state index contributed by atoms with van der Waals surface area (Å²) in [5.41, 5.74) is 5.32. The van der Waals surface area contributed by atoms with Gasteiger partial charge in [0.05, 0.1) is 31.3 Å². The van der Waals surface area contributed by atoms with E-state index in [0.717, 1.165) is 51.5 Å². The maximum atomic E-state index is 6.18. The topological polar surface area (TPSA) is 85.8 Å². The fraction of sp³-hybridized carbons (Fsp3) is 0.304. The summed E-state index contributed by atoms with van der Waals surface area (Å²) >= 11 is 0. The van der Waals surface area contributed by atoms with Gasteiger partial charge in [-0.1, -0.05) is 0 Å². The molecule has 0 aliphatic heterocycles. The molecular formula is C23H23N5O2. The molecule has 0 amide bonds. The van der Waals surface area contributed by atoms with Crippen LogP contribution >= 0.6 is 0 Å². The molecule has 7 nitrogen and oxygen atoms in total. The van der Waals surface area contributed by atoms with Crippen molar-refractivity contribution in [1.82, 2.24) is 24.9 Å². The second-order valence-corrected chi connectivity index (χ2v) is 7.72. The van der Waals surface area contributed by atoms with Gasteiger partial charge in [-0.15, -0.1) is 0 Å². The molecule has 1 N–H and O–H groups in total. The van der Waals surface area contributed by atoms with E-state index >= 15 is 0 Å². The maximum absolute atomic E-state index is 6.18. The van der Waals surface area contributed by atoms with Crippen molar-refractivity contribution >= 4 is 11.0 Å². The molecule has 0 radical (unpaired) electrons. The highest BCUT2D eigenvalue weighted by Crippen LogP contribution is 2.47. The number of aromatic nitrogens is 5. The Morgan fingerprint density at radius 2 is 1.93 bits per heavy atom. The van der Waals surface area contributed by atoms with Crippen LogP contribution in [0.1, 0.15) is 29.4 Å². The number of hydrogen-bond donors (Lipinski definition) is 1. The first-order chi connectivity index (χ1) is 14.6. The van der Waals surface area contributed by atoms with Crippen LogP contribution in [-0.2, 0) is 0 Å². The van der Waals surface area contributed by atoms with Crippen molar-refractivity contribution < 1.29 is 9.47 Å². The highest BCUT2D eigenvalue weighted by atomic mass is 16.5. The van der Waals surface area contributed by atoms with Crippen LogP contribution in [0.4, 0.5) is 0 Å². The monoisotopic (exact) mass is 401 g/mol. The van der Waals surface area contributed by atoms with Gasteiger partial charge in [0, 0.05) is 40.9 Å². The van der Waals surface area contributed by atoms with Gasteiger partial charge < -0.3 is 14.5 Å². The third-order valence-corrected chi connectivity index (χ3v) is 5.68. The third-order valence-electron chi connectivity index (χ3n) is 5.68. The Balaban J connectivity index is 1.36. The van der Waals surface area contributed by atoms with Crippen LogP contribution in [-0.4, -0.2) is 38.6 Å². The van der Waals surface area contributed by atoms with E-state index in [2.05, 4.69) is 26.0 Å². The fourth-order valence-corrected chi connectivity index (χ4v) is 3.65. The van der Waals surface area contributed by atoms with Crippen molar-refractivity contribution in [3.63, 3.8) is 0 Å². The van der Waals surface area contributed by atoms with Crippen molar-refractivity contribution in [3.8, 4) is 22.9 Å². The predicted octanol–water partition coefficient (Wildman–Crippen LogP) is 4.22. The first-order valence-electron chi connectivity index (χ1n) is 10.0. The Hall–Kier alpha value is -3.48. The molecule has 0 aromatic carbocycles. The number of fused-ring (bicyclic) bond motifs is 1. The van der Waals surface area contributed by atoms with E-state index in [1.54, 1.807) is 13.3 Å². The average Bonchev–Trinajstić information content (AvgIpc) is 3.39. The van der Waals surface area contributed by atoms with Gasteiger partial charge >= 0.3 is 0 Å². The van der Waals surface area contributed by atoms with E-state index in [-0.39, 0.29) is 0 Å². The van der Waals surface area contributed by atoms with Crippen molar-refractivity contribution in [3.05, 3.63) is 59.9 Å². The Kier molecular flexibility index (Phi) is 4.58. The van der Waals surface area contributed by atoms with E-state index in [0.29, 0.717) is 24.3 Å². The van der Waals surface area contributed by atoms with Crippen LogP contribution in [0.3, 0.4) is 0 Å². The van der Waals surface area contributed by atoms with Crippen molar-refractivity contribution in [2.45, 2.75) is 26.2 Å². The predicted molar refractivity (Wildman–Crippen MR) is 114 cm³/mol. The molecule has 0 spiro atoms. The SMILES string of the molecule is COc1ccc([C@H]2C[C@@H]2COc2nc(C)c(C)nc2-c2cnc3[nH]ccc3c2)nc1. The first kappa shape index (κ1) is 18.5. The van der Waals surface area contributed by atoms with Crippen LogP contribution in [0.5, 0.6) is 11.6 Å². The molecule has 4 aromatic heterocycles. The highest BCUT2D eigenvalue weighted by molar-refractivity contribution is 5.81. The number of hydrogen-bond acceptors (Lipinski definition) is 6. The molecule has 1 aliphatic rings. The lowest BCUT2D eigenvalue weighted by Gasteiger charge is -2.12. The summed E-state index contributed by atoms with van der Waals surface area (Å²) in [6.45, 7) is 4.50. The molecule has 2 atom stereocenters. The Morgan fingerprint density at radius 3 is 2.73 bits per heavy atom. The number of pyridine rings is 2. The van der Waals surface area contributed by atoms with E-state index in [4.69, 9.17) is 14.5 Å². The lowest BCUT2D eigenvalue weighted by atomic mass is 10.1. The van der Waals surface area contributed by atoms with Gasteiger partial charge in [0.1, 0.15) is 17.1 Å². The zero-order valence-corrected chi connectivity index (χ0v) is 17.2. The van der Waals surface area contributed by atoms with E-state index in [9.17, 15) is 0 Å². The fourth-order valence-electron chi connectivity index (χ4n) is 3.65. The van der Waals surface area contributed by atoms with Gasteiger partial charge in [-0.05, 0) is 44.5 Å². The minimum Gasteiger partial charge on any atom is -0.495 e. The summed E-state index contributed by atoms with van der Waals surface area (Å²) in [6, 6.07) is 8.04. The van der Waals surface area contributed by atoms with Crippen molar-refractivity contribution in [2.24, 2.45) is 5.92 Å². The number of H-pyrrole nitrogens is 1. The number of nitrogens with zero attached hydrogens (tertiary/aromatic N) is 4. The quantitative estimate of drug-likeness (QED) is 0.521. The Bertz CT molecular complexity index is 1200. The number of rotatable bonds is 6. The van der Waals surface area contributed by atoms with Gasteiger partial charge in [0.2, 0.25) is 5.88 Å². The maximum Gasteiger partial charge on any atom is 0.240 e.